The molecule has 0 saturated carbocycles. The first-order valence-electron chi connectivity index (χ1n) is 5.52. The van der Waals surface area contributed by atoms with Crippen LogP contribution in [0.1, 0.15) is 6.42 Å². The highest BCUT2D eigenvalue weighted by Crippen LogP contribution is 2.22. The summed E-state index contributed by atoms with van der Waals surface area (Å²) in [5, 5.41) is 6.28. The molecule has 1 rings (SSSR count). The number of carbonyl (C=O) groups excluding carboxylic acids is 1. The molecule has 5 heteroatoms. The molecule has 0 aliphatic heterocycles. The van der Waals surface area contributed by atoms with E-state index in [1.807, 2.05) is 19.2 Å². The normalized spacial score (nSPS) is 10.0. The van der Waals surface area contributed by atoms with Crippen molar-refractivity contribution in [2.45, 2.75) is 6.42 Å². The summed E-state index contributed by atoms with van der Waals surface area (Å²) in [6, 6.07) is 7.21. The summed E-state index contributed by atoms with van der Waals surface area (Å²) in [4.78, 5) is 11.3. The number of ether oxygens (including phenoxy) is 1. The minimum atomic E-state index is -0.0210. The highest BCUT2D eigenvalue weighted by Gasteiger charge is 2.03. The molecule has 0 heterocycles. The number of hydrogen-bond donors (Lipinski definition) is 2. The van der Waals surface area contributed by atoms with E-state index in [0.29, 0.717) is 30.3 Å². The maximum absolute atomic E-state index is 11.3. The van der Waals surface area contributed by atoms with Crippen molar-refractivity contribution in [2.75, 3.05) is 26.7 Å². The van der Waals surface area contributed by atoms with Gasteiger partial charge >= 0.3 is 0 Å². The third kappa shape index (κ3) is 5.56. The molecule has 0 bridgehead atoms. The van der Waals surface area contributed by atoms with Gasteiger partial charge in [0.15, 0.2) is 0 Å². The molecule has 0 unspecified atom stereocenters. The number of amides is 1. The van der Waals surface area contributed by atoms with E-state index in [9.17, 15) is 4.79 Å². The van der Waals surface area contributed by atoms with Crippen molar-refractivity contribution in [3.05, 3.63) is 29.3 Å². The van der Waals surface area contributed by atoms with Crippen molar-refractivity contribution in [1.29, 1.82) is 0 Å². The molecule has 1 aromatic rings. The van der Waals surface area contributed by atoms with Gasteiger partial charge in [0.25, 0.3) is 0 Å². The molecule has 0 aliphatic carbocycles. The van der Waals surface area contributed by atoms with Crippen molar-refractivity contribution < 1.29 is 9.53 Å². The van der Waals surface area contributed by atoms with Gasteiger partial charge in [-0.05, 0) is 19.2 Å². The van der Waals surface area contributed by atoms with E-state index in [1.165, 1.54) is 0 Å². The molecule has 0 saturated heterocycles. The lowest BCUT2D eigenvalue weighted by atomic mass is 10.3. The number of halogens is 1. The lowest BCUT2D eigenvalue weighted by Gasteiger charge is -2.08. The monoisotopic (exact) mass is 256 g/mol. The first-order chi connectivity index (χ1) is 8.24. The van der Waals surface area contributed by atoms with Crippen LogP contribution in [0, 0.1) is 0 Å². The van der Waals surface area contributed by atoms with Crippen molar-refractivity contribution in [1.82, 2.24) is 10.6 Å². The molecule has 94 valence electrons. The lowest BCUT2D eigenvalue weighted by molar-refractivity contribution is -0.121. The van der Waals surface area contributed by atoms with Gasteiger partial charge in [0.05, 0.1) is 18.1 Å². The summed E-state index contributed by atoms with van der Waals surface area (Å²) in [6.45, 7) is 1.72. The fraction of sp³-hybridized carbons (Fsp3) is 0.417. The predicted octanol–water partition coefficient (Wildman–Crippen LogP) is 1.44. The zero-order chi connectivity index (χ0) is 12.5. The third-order valence-electron chi connectivity index (χ3n) is 2.12. The Bertz CT molecular complexity index is 358. The van der Waals surface area contributed by atoms with Crippen LogP contribution in [0.2, 0.25) is 5.02 Å². The Morgan fingerprint density at radius 1 is 1.35 bits per heavy atom. The molecule has 0 spiro atoms. The summed E-state index contributed by atoms with van der Waals surface area (Å²) in [5.41, 5.74) is 0. The van der Waals surface area contributed by atoms with Crippen molar-refractivity contribution in [3.8, 4) is 5.75 Å². The first-order valence-corrected chi connectivity index (χ1v) is 5.90. The second-order valence-corrected chi connectivity index (χ2v) is 3.89. The average molecular weight is 257 g/mol. The Morgan fingerprint density at radius 2 is 2.12 bits per heavy atom. The minimum absolute atomic E-state index is 0.0210. The smallest absolute Gasteiger partial charge is 0.223 e. The van der Waals surface area contributed by atoms with E-state index < -0.39 is 0 Å². The van der Waals surface area contributed by atoms with E-state index in [4.69, 9.17) is 16.3 Å². The van der Waals surface area contributed by atoms with Gasteiger partial charge in [-0.1, -0.05) is 23.7 Å². The van der Waals surface area contributed by atoms with Crippen LogP contribution in [-0.4, -0.2) is 32.7 Å². The number of likely N-dealkylation sites (N-methyl/N-ethyl adjacent to an activating group) is 1. The number of hydrogen-bond acceptors (Lipinski definition) is 3. The summed E-state index contributed by atoms with van der Waals surface area (Å²) < 4.78 is 5.41. The molecular formula is C12H17ClN2O2. The largest absolute Gasteiger partial charge is 0.491 e. The van der Waals surface area contributed by atoms with Gasteiger partial charge in [-0.3, -0.25) is 4.79 Å². The van der Waals surface area contributed by atoms with E-state index in [1.54, 1.807) is 12.1 Å². The van der Waals surface area contributed by atoms with Crippen LogP contribution in [0.25, 0.3) is 0 Å². The maximum Gasteiger partial charge on any atom is 0.223 e. The zero-order valence-electron chi connectivity index (χ0n) is 9.83. The fourth-order valence-corrected chi connectivity index (χ4v) is 1.42. The number of carbonyl (C=O) groups is 1. The van der Waals surface area contributed by atoms with Crippen LogP contribution in [0.3, 0.4) is 0 Å². The maximum atomic E-state index is 11.3. The molecule has 1 amide bonds. The van der Waals surface area contributed by atoms with Gasteiger partial charge in [-0.2, -0.15) is 0 Å². The predicted molar refractivity (Wildman–Crippen MR) is 68.5 cm³/mol. The number of rotatable bonds is 7. The summed E-state index contributed by atoms with van der Waals surface area (Å²) in [5.74, 6) is 0.587. The first kappa shape index (κ1) is 13.8. The van der Waals surface area contributed by atoms with Crippen LogP contribution >= 0.6 is 11.6 Å². The van der Waals surface area contributed by atoms with E-state index >= 15 is 0 Å². The van der Waals surface area contributed by atoms with E-state index in [-0.39, 0.29) is 5.91 Å². The zero-order valence-corrected chi connectivity index (χ0v) is 10.6. The van der Waals surface area contributed by atoms with E-state index in [0.717, 1.165) is 6.54 Å². The van der Waals surface area contributed by atoms with Gasteiger partial charge < -0.3 is 15.4 Å². The molecule has 1 aromatic carbocycles. The molecule has 0 radical (unpaired) electrons. The SMILES string of the molecule is CNCCNC(=O)CCOc1ccccc1Cl. The topological polar surface area (TPSA) is 50.4 Å². The van der Waals surface area contributed by atoms with Crippen LogP contribution in [0.5, 0.6) is 5.75 Å². The Labute approximate surface area is 106 Å². The Morgan fingerprint density at radius 3 is 2.82 bits per heavy atom. The second-order valence-electron chi connectivity index (χ2n) is 3.48. The van der Waals surface area contributed by atoms with Crippen LogP contribution < -0.4 is 15.4 Å². The van der Waals surface area contributed by atoms with Crippen molar-refractivity contribution in [2.24, 2.45) is 0 Å². The highest BCUT2D eigenvalue weighted by molar-refractivity contribution is 6.32. The van der Waals surface area contributed by atoms with Crippen LogP contribution in [-0.2, 0) is 4.79 Å². The van der Waals surface area contributed by atoms with Crippen LogP contribution in [0.15, 0.2) is 24.3 Å². The number of para-hydroxylation sites is 1. The lowest BCUT2D eigenvalue weighted by Crippen LogP contribution is -2.31. The van der Waals surface area contributed by atoms with Gasteiger partial charge in [-0.25, -0.2) is 0 Å². The standard InChI is InChI=1S/C12H17ClN2O2/c1-14-7-8-15-12(16)6-9-17-11-5-3-2-4-10(11)13/h2-5,14H,6-9H2,1H3,(H,15,16). The molecule has 0 fully saturated rings. The fourth-order valence-electron chi connectivity index (χ4n) is 1.23. The van der Waals surface area contributed by atoms with Crippen LogP contribution in [0.4, 0.5) is 0 Å². The summed E-state index contributed by atoms with van der Waals surface area (Å²) in [6.07, 6.45) is 0.328. The number of nitrogens with one attached hydrogen (secondary N) is 2. The van der Waals surface area contributed by atoms with Gasteiger partial charge in [0.2, 0.25) is 5.91 Å². The van der Waals surface area contributed by atoms with Gasteiger partial charge in [0.1, 0.15) is 5.75 Å². The molecule has 0 atom stereocenters. The molecule has 4 nitrogen and oxygen atoms in total. The van der Waals surface area contributed by atoms with Gasteiger partial charge in [0, 0.05) is 13.1 Å². The molecule has 2 N–H and O–H groups in total. The van der Waals surface area contributed by atoms with Gasteiger partial charge in [-0.15, -0.1) is 0 Å². The Kier molecular flexibility index (Phi) is 6.43. The van der Waals surface area contributed by atoms with Crippen molar-refractivity contribution >= 4 is 17.5 Å². The molecule has 0 aliphatic rings. The second kappa shape index (κ2) is 7.92. The van der Waals surface area contributed by atoms with E-state index in [2.05, 4.69) is 10.6 Å². The summed E-state index contributed by atoms with van der Waals surface area (Å²) in [7, 11) is 1.84. The molecule has 17 heavy (non-hydrogen) atoms. The molecular weight excluding hydrogens is 240 g/mol. The molecule has 0 aromatic heterocycles. The number of benzene rings is 1. The van der Waals surface area contributed by atoms with Crippen molar-refractivity contribution in [3.63, 3.8) is 0 Å². The Hall–Kier alpha value is -1.26. The Balaban J connectivity index is 2.19. The highest BCUT2D eigenvalue weighted by atomic mass is 35.5. The summed E-state index contributed by atoms with van der Waals surface area (Å²) >= 11 is 5.91. The minimum Gasteiger partial charge on any atom is -0.491 e. The quantitative estimate of drug-likeness (QED) is 0.726. The third-order valence-corrected chi connectivity index (χ3v) is 2.43. The average Bonchev–Trinajstić information content (AvgIpc) is 2.32.